The third kappa shape index (κ3) is 3.23. The second kappa shape index (κ2) is 4.77. The summed E-state index contributed by atoms with van der Waals surface area (Å²) in [5, 5.41) is 0. The highest BCUT2D eigenvalue weighted by Crippen LogP contribution is 1.94. The Labute approximate surface area is 89.1 Å². The van der Waals surface area contributed by atoms with Crippen LogP contribution in [-0.4, -0.2) is 29.5 Å². The Bertz CT molecular complexity index is 407. The molecule has 0 N–H and O–H groups in total. The first-order valence-electron chi connectivity index (χ1n) is 4.88. The standard InChI is InChI=1S/C11H16N2O2/c1-9-4-6-13(11(15)8-9)7-5-10(14)12(2)3/h4,6,8H,5,7H2,1-3H3. The van der Waals surface area contributed by atoms with Gasteiger partial charge in [-0.05, 0) is 18.6 Å². The molecule has 0 aromatic carbocycles. The van der Waals surface area contributed by atoms with Crippen molar-refractivity contribution < 1.29 is 4.79 Å². The second-order valence-electron chi connectivity index (χ2n) is 3.77. The van der Waals surface area contributed by atoms with Gasteiger partial charge in [0.2, 0.25) is 5.91 Å². The van der Waals surface area contributed by atoms with E-state index in [4.69, 9.17) is 0 Å². The summed E-state index contributed by atoms with van der Waals surface area (Å²) in [5.74, 6) is 0.0301. The Kier molecular flexibility index (Phi) is 3.66. The quantitative estimate of drug-likeness (QED) is 0.731. The van der Waals surface area contributed by atoms with E-state index in [2.05, 4.69) is 0 Å². The van der Waals surface area contributed by atoms with E-state index in [0.29, 0.717) is 13.0 Å². The molecule has 1 amide bonds. The molecule has 0 saturated heterocycles. The zero-order valence-corrected chi connectivity index (χ0v) is 9.36. The molecular weight excluding hydrogens is 192 g/mol. The predicted octanol–water partition coefficient (Wildman–Crippen LogP) is 0.635. The van der Waals surface area contributed by atoms with Crippen molar-refractivity contribution >= 4 is 5.91 Å². The highest BCUT2D eigenvalue weighted by Gasteiger charge is 2.04. The molecule has 0 unspecified atom stereocenters. The van der Waals surface area contributed by atoms with E-state index in [-0.39, 0.29) is 11.5 Å². The first kappa shape index (κ1) is 11.5. The van der Waals surface area contributed by atoms with Gasteiger partial charge in [0.25, 0.3) is 5.56 Å². The van der Waals surface area contributed by atoms with Crippen LogP contribution in [0.1, 0.15) is 12.0 Å². The van der Waals surface area contributed by atoms with Gasteiger partial charge in [-0.1, -0.05) is 0 Å². The number of nitrogens with zero attached hydrogens (tertiary/aromatic N) is 2. The molecule has 1 aromatic heterocycles. The zero-order valence-electron chi connectivity index (χ0n) is 9.36. The molecule has 1 heterocycles. The van der Waals surface area contributed by atoms with Crippen molar-refractivity contribution in [1.82, 2.24) is 9.47 Å². The number of rotatable bonds is 3. The number of carbonyl (C=O) groups is 1. The third-order valence-corrected chi connectivity index (χ3v) is 2.22. The SMILES string of the molecule is Cc1ccn(CCC(=O)N(C)C)c(=O)c1. The minimum absolute atomic E-state index is 0.0301. The van der Waals surface area contributed by atoms with E-state index in [9.17, 15) is 9.59 Å². The molecule has 0 aliphatic rings. The third-order valence-electron chi connectivity index (χ3n) is 2.22. The molecular formula is C11H16N2O2. The summed E-state index contributed by atoms with van der Waals surface area (Å²) in [6, 6.07) is 3.43. The fourth-order valence-electron chi connectivity index (χ4n) is 1.23. The van der Waals surface area contributed by atoms with Gasteiger partial charge in [0.1, 0.15) is 0 Å². The first-order chi connectivity index (χ1) is 7.00. The van der Waals surface area contributed by atoms with Crippen molar-refractivity contribution in [2.75, 3.05) is 14.1 Å². The summed E-state index contributed by atoms with van der Waals surface area (Å²) in [7, 11) is 3.42. The molecule has 0 bridgehead atoms. The smallest absolute Gasteiger partial charge is 0.250 e. The molecule has 0 fully saturated rings. The molecule has 0 aliphatic carbocycles. The minimum Gasteiger partial charge on any atom is -0.349 e. The van der Waals surface area contributed by atoms with E-state index in [1.165, 1.54) is 4.90 Å². The number of carbonyl (C=O) groups excluding carboxylic acids is 1. The van der Waals surface area contributed by atoms with E-state index in [1.54, 1.807) is 30.9 Å². The second-order valence-corrected chi connectivity index (χ2v) is 3.77. The van der Waals surface area contributed by atoms with Gasteiger partial charge in [0.05, 0.1) is 0 Å². The number of amides is 1. The highest BCUT2D eigenvalue weighted by molar-refractivity contribution is 5.75. The lowest BCUT2D eigenvalue weighted by Gasteiger charge is -2.10. The topological polar surface area (TPSA) is 42.3 Å². The highest BCUT2D eigenvalue weighted by atomic mass is 16.2. The molecule has 82 valence electrons. The molecule has 4 nitrogen and oxygen atoms in total. The van der Waals surface area contributed by atoms with Gasteiger partial charge in [-0.25, -0.2) is 0 Å². The van der Waals surface area contributed by atoms with Crippen LogP contribution in [0.2, 0.25) is 0 Å². The van der Waals surface area contributed by atoms with E-state index in [1.807, 2.05) is 13.0 Å². The number of hydrogen-bond acceptors (Lipinski definition) is 2. The molecule has 0 saturated carbocycles. The van der Waals surface area contributed by atoms with Gasteiger partial charge < -0.3 is 9.47 Å². The van der Waals surface area contributed by atoms with Gasteiger partial charge in [-0.15, -0.1) is 0 Å². The van der Waals surface area contributed by atoms with Crippen LogP contribution in [0.25, 0.3) is 0 Å². The number of aryl methyl sites for hydroxylation is 2. The zero-order chi connectivity index (χ0) is 11.4. The fourth-order valence-corrected chi connectivity index (χ4v) is 1.23. The van der Waals surface area contributed by atoms with Crippen molar-refractivity contribution in [3.05, 3.63) is 34.2 Å². The number of aromatic nitrogens is 1. The lowest BCUT2D eigenvalue weighted by molar-refractivity contribution is -0.128. The first-order valence-corrected chi connectivity index (χ1v) is 4.88. The lowest BCUT2D eigenvalue weighted by Crippen LogP contribution is -2.26. The van der Waals surface area contributed by atoms with Crippen LogP contribution in [0.3, 0.4) is 0 Å². The average Bonchev–Trinajstić information content (AvgIpc) is 2.15. The van der Waals surface area contributed by atoms with Crippen LogP contribution < -0.4 is 5.56 Å². The van der Waals surface area contributed by atoms with E-state index in [0.717, 1.165) is 5.56 Å². The van der Waals surface area contributed by atoms with Gasteiger partial charge in [-0.3, -0.25) is 9.59 Å². The molecule has 0 aliphatic heterocycles. The largest absolute Gasteiger partial charge is 0.349 e. The van der Waals surface area contributed by atoms with Gasteiger partial charge in [-0.2, -0.15) is 0 Å². The van der Waals surface area contributed by atoms with Crippen LogP contribution in [0.4, 0.5) is 0 Å². The number of hydrogen-bond donors (Lipinski definition) is 0. The van der Waals surface area contributed by atoms with Crippen molar-refractivity contribution in [3.8, 4) is 0 Å². The van der Waals surface area contributed by atoms with Crippen LogP contribution in [0.5, 0.6) is 0 Å². The van der Waals surface area contributed by atoms with Crippen LogP contribution in [0, 0.1) is 6.92 Å². The van der Waals surface area contributed by atoms with Crippen LogP contribution in [0.15, 0.2) is 23.1 Å². The summed E-state index contributed by atoms with van der Waals surface area (Å²) in [5.41, 5.74) is 0.886. The Morgan fingerprint density at radius 1 is 1.47 bits per heavy atom. The summed E-state index contributed by atoms with van der Waals surface area (Å²) < 4.78 is 1.55. The fraction of sp³-hybridized carbons (Fsp3) is 0.455. The van der Waals surface area contributed by atoms with Crippen molar-refractivity contribution in [2.45, 2.75) is 19.9 Å². The Morgan fingerprint density at radius 3 is 2.67 bits per heavy atom. The molecule has 4 heteroatoms. The summed E-state index contributed by atoms with van der Waals surface area (Å²) in [4.78, 5) is 24.3. The molecule has 1 rings (SSSR count). The van der Waals surface area contributed by atoms with Crippen molar-refractivity contribution in [3.63, 3.8) is 0 Å². The van der Waals surface area contributed by atoms with Crippen molar-refractivity contribution in [1.29, 1.82) is 0 Å². The van der Waals surface area contributed by atoms with Gasteiger partial charge in [0, 0.05) is 39.3 Å². The maximum Gasteiger partial charge on any atom is 0.250 e. The molecule has 1 aromatic rings. The molecule has 0 radical (unpaired) electrons. The normalized spacial score (nSPS) is 10.1. The van der Waals surface area contributed by atoms with Crippen LogP contribution >= 0.6 is 0 Å². The average molecular weight is 208 g/mol. The summed E-state index contributed by atoms with van der Waals surface area (Å²) in [6.07, 6.45) is 2.08. The summed E-state index contributed by atoms with van der Waals surface area (Å²) in [6.45, 7) is 2.31. The van der Waals surface area contributed by atoms with Crippen LogP contribution in [-0.2, 0) is 11.3 Å². The molecule has 0 spiro atoms. The summed E-state index contributed by atoms with van der Waals surface area (Å²) >= 11 is 0. The number of pyridine rings is 1. The Balaban J connectivity index is 2.66. The van der Waals surface area contributed by atoms with Gasteiger partial charge in [0.15, 0.2) is 0 Å². The van der Waals surface area contributed by atoms with Gasteiger partial charge >= 0.3 is 0 Å². The Morgan fingerprint density at radius 2 is 2.13 bits per heavy atom. The predicted molar refractivity (Wildman–Crippen MR) is 58.8 cm³/mol. The van der Waals surface area contributed by atoms with E-state index >= 15 is 0 Å². The van der Waals surface area contributed by atoms with Crippen molar-refractivity contribution in [2.24, 2.45) is 0 Å². The maximum absolute atomic E-state index is 11.5. The maximum atomic E-state index is 11.5. The Hall–Kier alpha value is -1.58. The molecule has 15 heavy (non-hydrogen) atoms. The van der Waals surface area contributed by atoms with E-state index < -0.39 is 0 Å². The minimum atomic E-state index is -0.0541. The molecule has 0 atom stereocenters. The lowest BCUT2D eigenvalue weighted by atomic mass is 10.3. The monoisotopic (exact) mass is 208 g/mol.